The van der Waals surface area contributed by atoms with Gasteiger partial charge in [0.1, 0.15) is 23.9 Å². The molecule has 1 saturated heterocycles. The number of nitrogens with zero attached hydrogens (tertiary/aromatic N) is 1. The van der Waals surface area contributed by atoms with Gasteiger partial charge in [-0.3, -0.25) is 0 Å². The Labute approximate surface area is 191 Å². The summed E-state index contributed by atoms with van der Waals surface area (Å²) in [4.78, 5) is 12.3. The Morgan fingerprint density at radius 3 is 2.55 bits per heavy atom. The molecule has 0 amide bonds. The molecule has 1 aliphatic heterocycles. The van der Waals surface area contributed by atoms with Gasteiger partial charge in [-0.25, -0.2) is 13.2 Å². The second-order valence-corrected chi connectivity index (χ2v) is 9.49. The van der Waals surface area contributed by atoms with E-state index in [1.807, 2.05) is 31.2 Å². The lowest BCUT2D eigenvalue weighted by atomic mass is 10.2. The van der Waals surface area contributed by atoms with Crippen molar-refractivity contribution in [1.29, 1.82) is 0 Å². The molecule has 168 valence electrons. The van der Waals surface area contributed by atoms with Crippen molar-refractivity contribution in [3.8, 4) is 5.75 Å². The van der Waals surface area contributed by atoms with Crippen LogP contribution in [-0.2, 0) is 25.9 Å². The standard InChI is InChI=1S/C21H23Cl2NO6S/c1-2-15-4-3-5-16(12-15)29-10-11-30-21(25)17-13-20(19(23)14-18(17)22)31(26,27)24-6-8-28-9-7-24/h3-5,12-14H,2,6-11H2,1H3. The van der Waals surface area contributed by atoms with Crippen LogP contribution in [0, 0.1) is 0 Å². The molecular formula is C21H23Cl2NO6S. The van der Waals surface area contributed by atoms with Gasteiger partial charge in [-0.05, 0) is 36.2 Å². The first-order valence-electron chi connectivity index (χ1n) is 9.78. The number of esters is 1. The van der Waals surface area contributed by atoms with Gasteiger partial charge in [-0.1, -0.05) is 42.3 Å². The number of ether oxygens (including phenoxy) is 3. The first-order chi connectivity index (χ1) is 14.8. The SMILES string of the molecule is CCc1cccc(OCCOC(=O)c2cc(S(=O)(=O)N3CCOCC3)c(Cl)cc2Cl)c1. The van der Waals surface area contributed by atoms with E-state index in [9.17, 15) is 13.2 Å². The third kappa shape index (κ3) is 5.90. The molecule has 1 aliphatic rings. The minimum Gasteiger partial charge on any atom is -0.490 e. The second-order valence-electron chi connectivity index (χ2n) is 6.76. The lowest BCUT2D eigenvalue weighted by Crippen LogP contribution is -2.40. The first-order valence-corrected chi connectivity index (χ1v) is 12.0. The fourth-order valence-electron chi connectivity index (χ4n) is 3.04. The number of carbonyl (C=O) groups is 1. The Morgan fingerprint density at radius 2 is 1.84 bits per heavy atom. The lowest BCUT2D eigenvalue weighted by molar-refractivity contribution is 0.0450. The molecule has 1 heterocycles. The summed E-state index contributed by atoms with van der Waals surface area (Å²) < 4.78 is 43.1. The molecule has 31 heavy (non-hydrogen) atoms. The number of sulfonamides is 1. The van der Waals surface area contributed by atoms with Crippen molar-refractivity contribution < 1.29 is 27.4 Å². The average Bonchev–Trinajstić information content (AvgIpc) is 2.77. The Bertz CT molecular complexity index is 1040. The van der Waals surface area contributed by atoms with Crippen LogP contribution in [0.4, 0.5) is 0 Å². The minimum absolute atomic E-state index is 0.00694. The zero-order valence-corrected chi connectivity index (χ0v) is 19.3. The summed E-state index contributed by atoms with van der Waals surface area (Å²) in [7, 11) is -3.90. The third-order valence-corrected chi connectivity index (χ3v) is 7.40. The monoisotopic (exact) mass is 487 g/mol. The summed E-state index contributed by atoms with van der Waals surface area (Å²) in [5, 5.41) is -0.0559. The van der Waals surface area contributed by atoms with E-state index in [4.69, 9.17) is 37.4 Å². The van der Waals surface area contributed by atoms with E-state index in [1.54, 1.807) is 0 Å². The highest BCUT2D eigenvalue weighted by Gasteiger charge is 2.30. The van der Waals surface area contributed by atoms with Crippen LogP contribution in [0.15, 0.2) is 41.3 Å². The third-order valence-electron chi connectivity index (χ3n) is 4.72. The molecule has 2 aromatic carbocycles. The van der Waals surface area contributed by atoms with Crippen LogP contribution in [0.2, 0.25) is 10.0 Å². The maximum Gasteiger partial charge on any atom is 0.339 e. The normalized spacial score (nSPS) is 14.9. The highest BCUT2D eigenvalue weighted by molar-refractivity contribution is 7.89. The van der Waals surface area contributed by atoms with Gasteiger partial charge in [0, 0.05) is 13.1 Å². The van der Waals surface area contributed by atoms with E-state index >= 15 is 0 Å². The number of benzene rings is 2. The van der Waals surface area contributed by atoms with Crippen molar-refractivity contribution in [2.45, 2.75) is 18.2 Å². The maximum absolute atomic E-state index is 12.9. The Balaban J connectivity index is 1.67. The Morgan fingerprint density at radius 1 is 1.10 bits per heavy atom. The molecule has 0 N–H and O–H groups in total. The van der Waals surface area contributed by atoms with Crippen molar-refractivity contribution in [1.82, 2.24) is 4.31 Å². The summed E-state index contributed by atoms with van der Waals surface area (Å²) in [6, 6.07) is 10.0. The molecule has 0 saturated carbocycles. The van der Waals surface area contributed by atoms with E-state index in [0.29, 0.717) is 19.0 Å². The van der Waals surface area contributed by atoms with Crippen LogP contribution >= 0.6 is 23.2 Å². The zero-order chi connectivity index (χ0) is 22.4. The topological polar surface area (TPSA) is 82.1 Å². The summed E-state index contributed by atoms with van der Waals surface area (Å²) in [6.07, 6.45) is 0.886. The molecular weight excluding hydrogens is 465 g/mol. The Kier molecular flexibility index (Phi) is 8.18. The molecule has 2 aromatic rings. The van der Waals surface area contributed by atoms with Crippen LogP contribution in [0.3, 0.4) is 0 Å². The van der Waals surface area contributed by atoms with E-state index < -0.39 is 16.0 Å². The van der Waals surface area contributed by atoms with Crippen molar-refractivity contribution in [2.24, 2.45) is 0 Å². The number of aryl methyl sites for hydroxylation is 1. The zero-order valence-electron chi connectivity index (χ0n) is 17.0. The van der Waals surface area contributed by atoms with Gasteiger partial charge >= 0.3 is 5.97 Å². The largest absolute Gasteiger partial charge is 0.490 e. The summed E-state index contributed by atoms with van der Waals surface area (Å²) >= 11 is 12.3. The number of morpholine rings is 1. The lowest BCUT2D eigenvalue weighted by Gasteiger charge is -2.26. The molecule has 0 atom stereocenters. The second kappa shape index (κ2) is 10.7. The van der Waals surface area contributed by atoms with Crippen molar-refractivity contribution in [3.05, 3.63) is 57.6 Å². The molecule has 3 rings (SSSR count). The maximum atomic E-state index is 12.9. The molecule has 0 bridgehead atoms. The quantitative estimate of drug-likeness (QED) is 0.415. The van der Waals surface area contributed by atoms with Crippen LogP contribution in [0.25, 0.3) is 0 Å². The molecule has 0 aromatic heterocycles. The fraction of sp³-hybridized carbons (Fsp3) is 0.381. The van der Waals surface area contributed by atoms with E-state index in [-0.39, 0.29) is 46.8 Å². The molecule has 0 radical (unpaired) electrons. The summed E-state index contributed by atoms with van der Waals surface area (Å²) in [6.45, 7) is 3.16. The Hall–Kier alpha value is -1.84. The predicted molar refractivity (Wildman–Crippen MR) is 118 cm³/mol. The van der Waals surface area contributed by atoms with Gasteiger partial charge < -0.3 is 14.2 Å². The van der Waals surface area contributed by atoms with Gasteiger partial charge in [0.05, 0.1) is 28.8 Å². The van der Waals surface area contributed by atoms with Gasteiger partial charge in [0.2, 0.25) is 10.0 Å². The van der Waals surface area contributed by atoms with E-state index in [1.165, 1.54) is 10.4 Å². The number of carbonyl (C=O) groups excluding carboxylic acids is 1. The number of hydrogen-bond acceptors (Lipinski definition) is 6. The molecule has 10 heteroatoms. The van der Waals surface area contributed by atoms with Crippen LogP contribution in [-0.4, -0.2) is 58.2 Å². The van der Waals surface area contributed by atoms with Gasteiger partial charge in [-0.15, -0.1) is 0 Å². The minimum atomic E-state index is -3.90. The summed E-state index contributed by atoms with van der Waals surface area (Å²) in [5.74, 6) is -0.0789. The number of hydrogen-bond donors (Lipinski definition) is 0. The molecule has 1 fully saturated rings. The smallest absolute Gasteiger partial charge is 0.339 e. The van der Waals surface area contributed by atoms with Gasteiger partial charge in [0.15, 0.2) is 0 Å². The average molecular weight is 488 g/mol. The fourth-order valence-corrected chi connectivity index (χ4v) is 5.27. The summed E-state index contributed by atoms with van der Waals surface area (Å²) in [5.41, 5.74) is 1.06. The first kappa shape index (κ1) is 23.8. The van der Waals surface area contributed by atoms with Crippen LogP contribution in [0.1, 0.15) is 22.8 Å². The van der Waals surface area contributed by atoms with Gasteiger partial charge in [0.25, 0.3) is 0 Å². The van der Waals surface area contributed by atoms with E-state index in [2.05, 4.69) is 0 Å². The molecule has 0 spiro atoms. The van der Waals surface area contributed by atoms with E-state index in [0.717, 1.165) is 18.1 Å². The van der Waals surface area contributed by atoms with Crippen molar-refractivity contribution in [2.75, 3.05) is 39.5 Å². The highest BCUT2D eigenvalue weighted by atomic mass is 35.5. The van der Waals surface area contributed by atoms with Crippen LogP contribution in [0.5, 0.6) is 5.75 Å². The molecule has 7 nitrogen and oxygen atoms in total. The van der Waals surface area contributed by atoms with Crippen LogP contribution < -0.4 is 4.74 Å². The van der Waals surface area contributed by atoms with Gasteiger partial charge in [-0.2, -0.15) is 4.31 Å². The molecule has 0 unspecified atom stereocenters. The number of rotatable bonds is 8. The van der Waals surface area contributed by atoms with Crippen molar-refractivity contribution >= 4 is 39.2 Å². The molecule has 0 aliphatic carbocycles. The number of halogens is 2. The predicted octanol–water partition coefficient (Wildman–Crippen LogP) is 3.81. The highest BCUT2D eigenvalue weighted by Crippen LogP contribution is 2.31. The van der Waals surface area contributed by atoms with Crippen molar-refractivity contribution in [3.63, 3.8) is 0 Å².